The number of benzene rings is 1. The molecule has 0 bridgehead atoms. The maximum absolute atomic E-state index is 12.6. The molecule has 0 N–H and O–H groups in total. The van der Waals surface area contributed by atoms with E-state index < -0.39 is 11.7 Å². The van der Waals surface area contributed by atoms with Crippen LogP contribution in [0.5, 0.6) is 0 Å². The van der Waals surface area contributed by atoms with Gasteiger partial charge in [-0.1, -0.05) is 34.1 Å². The lowest BCUT2D eigenvalue weighted by Crippen LogP contribution is -2.07. The Balaban J connectivity index is 2.17. The lowest BCUT2D eigenvalue weighted by Gasteiger charge is -2.12. The van der Waals surface area contributed by atoms with Gasteiger partial charge in [-0.25, -0.2) is 0 Å². The van der Waals surface area contributed by atoms with Gasteiger partial charge in [0.15, 0.2) is 0 Å². The summed E-state index contributed by atoms with van der Waals surface area (Å²) in [5.74, 6) is 0.0693. The Bertz CT molecular complexity index is 392. The van der Waals surface area contributed by atoms with E-state index in [1.54, 1.807) is 6.07 Å². The lowest BCUT2D eigenvalue weighted by molar-refractivity contribution is -0.137. The van der Waals surface area contributed by atoms with E-state index >= 15 is 0 Å². The van der Waals surface area contributed by atoms with Crippen LogP contribution in [0.15, 0.2) is 24.3 Å². The normalized spacial score (nSPS) is 25.2. The highest BCUT2D eigenvalue weighted by atomic mass is 79.9. The summed E-state index contributed by atoms with van der Waals surface area (Å²) in [4.78, 5) is 0. The fraction of sp³-hybridized carbons (Fsp3) is 0.500. The molecule has 0 aromatic heterocycles. The average molecular weight is 309 g/mol. The van der Waals surface area contributed by atoms with Gasteiger partial charge in [-0.3, -0.25) is 0 Å². The molecule has 2 rings (SSSR count). The highest BCUT2D eigenvalue weighted by Crippen LogP contribution is 2.34. The second-order valence-corrected chi connectivity index (χ2v) is 4.81. The minimum absolute atomic E-state index is 0.0693. The van der Waals surface area contributed by atoms with E-state index in [0.29, 0.717) is 12.2 Å². The van der Waals surface area contributed by atoms with Crippen molar-refractivity contribution in [1.29, 1.82) is 0 Å². The molecule has 5 heteroatoms. The monoisotopic (exact) mass is 308 g/mol. The molecule has 1 saturated heterocycles. The Morgan fingerprint density at radius 1 is 1.35 bits per heavy atom. The van der Waals surface area contributed by atoms with Gasteiger partial charge >= 0.3 is 6.18 Å². The second kappa shape index (κ2) is 4.98. The Morgan fingerprint density at radius 2 is 2.12 bits per heavy atom. The maximum atomic E-state index is 12.6. The number of ether oxygens (including phenoxy) is 1. The Morgan fingerprint density at radius 3 is 2.71 bits per heavy atom. The molecule has 0 unspecified atom stereocenters. The topological polar surface area (TPSA) is 9.23 Å². The predicted molar refractivity (Wildman–Crippen MR) is 62.3 cm³/mol. The van der Waals surface area contributed by atoms with Crippen LogP contribution in [-0.4, -0.2) is 18.0 Å². The van der Waals surface area contributed by atoms with Crippen LogP contribution in [0.4, 0.5) is 13.2 Å². The SMILES string of the molecule is FC(F)(F)c1cccc([C@@H]2CO[C@@H](CBr)C2)c1. The molecule has 1 nitrogen and oxygen atoms in total. The molecule has 1 aromatic rings. The van der Waals surface area contributed by atoms with Gasteiger partial charge in [-0.15, -0.1) is 0 Å². The number of hydrogen-bond acceptors (Lipinski definition) is 1. The fourth-order valence-corrected chi connectivity index (χ4v) is 2.47. The number of rotatable bonds is 2. The van der Waals surface area contributed by atoms with Crippen LogP contribution in [0, 0.1) is 0 Å². The van der Waals surface area contributed by atoms with Gasteiger partial charge in [0.25, 0.3) is 0 Å². The zero-order chi connectivity index (χ0) is 12.5. The standard InChI is InChI=1S/C12H12BrF3O/c13-6-11-5-9(7-17-11)8-2-1-3-10(4-8)12(14,15)16/h1-4,9,11H,5-7H2/t9-,11+/m0/s1. The third-order valence-electron chi connectivity index (χ3n) is 2.94. The molecular weight excluding hydrogens is 297 g/mol. The van der Waals surface area contributed by atoms with E-state index in [2.05, 4.69) is 15.9 Å². The van der Waals surface area contributed by atoms with Crippen LogP contribution < -0.4 is 0 Å². The van der Waals surface area contributed by atoms with Crippen molar-refractivity contribution >= 4 is 15.9 Å². The van der Waals surface area contributed by atoms with Gasteiger partial charge in [0.05, 0.1) is 18.3 Å². The van der Waals surface area contributed by atoms with Crippen LogP contribution in [0.2, 0.25) is 0 Å². The smallest absolute Gasteiger partial charge is 0.377 e. The third kappa shape index (κ3) is 3.01. The first kappa shape index (κ1) is 12.9. The Labute approximate surface area is 106 Å². The molecule has 1 aliphatic heterocycles. The third-order valence-corrected chi connectivity index (χ3v) is 3.66. The highest BCUT2D eigenvalue weighted by molar-refractivity contribution is 9.09. The van der Waals surface area contributed by atoms with Crippen molar-refractivity contribution < 1.29 is 17.9 Å². The summed E-state index contributed by atoms with van der Waals surface area (Å²) in [6, 6.07) is 5.52. The molecule has 0 saturated carbocycles. The zero-order valence-corrected chi connectivity index (χ0v) is 10.6. The number of hydrogen-bond donors (Lipinski definition) is 0. The van der Waals surface area contributed by atoms with E-state index in [1.165, 1.54) is 12.1 Å². The van der Waals surface area contributed by atoms with Crippen LogP contribution in [0.1, 0.15) is 23.5 Å². The van der Waals surface area contributed by atoms with Crippen molar-refractivity contribution in [1.82, 2.24) is 0 Å². The van der Waals surface area contributed by atoms with E-state index in [0.717, 1.165) is 17.8 Å². The molecule has 94 valence electrons. The number of halogens is 4. The summed E-state index contributed by atoms with van der Waals surface area (Å²) < 4.78 is 43.1. The molecule has 1 heterocycles. The highest BCUT2D eigenvalue weighted by Gasteiger charge is 2.32. The van der Waals surface area contributed by atoms with Crippen molar-refractivity contribution in [3.63, 3.8) is 0 Å². The van der Waals surface area contributed by atoms with Gasteiger partial charge in [0, 0.05) is 11.2 Å². The van der Waals surface area contributed by atoms with Crippen molar-refractivity contribution in [2.45, 2.75) is 24.6 Å². The molecule has 17 heavy (non-hydrogen) atoms. The first-order chi connectivity index (χ1) is 8.00. The summed E-state index contributed by atoms with van der Waals surface area (Å²) in [5.41, 5.74) is 0.126. The fourth-order valence-electron chi connectivity index (χ4n) is 2.01. The van der Waals surface area contributed by atoms with Gasteiger partial charge in [0.1, 0.15) is 0 Å². The first-order valence-corrected chi connectivity index (χ1v) is 6.47. The first-order valence-electron chi connectivity index (χ1n) is 5.35. The summed E-state index contributed by atoms with van der Waals surface area (Å²) >= 11 is 3.32. The largest absolute Gasteiger partial charge is 0.416 e. The van der Waals surface area contributed by atoms with Gasteiger partial charge in [-0.2, -0.15) is 13.2 Å². The molecule has 0 amide bonds. The average Bonchev–Trinajstić information content (AvgIpc) is 2.76. The molecule has 1 aliphatic rings. The molecule has 1 aromatic carbocycles. The summed E-state index contributed by atoms with van der Waals surface area (Å²) in [5, 5.41) is 0.725. The van der Waals surface area contributed by atoms with Gasteiger partial charge in [0.2, 0.25) is 0 Å². The van der Waals surface area contributed by atoms with Crippen molar-refractivity contribution in [3.8, 4) is 0 Å². The molecule has 0 radical (unpaired) electrons. The summed E-state index contributed by atoms with van der Waals surface area (Å²) in [7, 11) is 0. The summed E-state index contributed by atoms with van der Waals surface area (Å²) in [6.45, 7) is 0.498. The minimum atomic E-state index is -4.27. The molecule has 1 fully saturated rings. The second-order valence-electron chi connectivity index (χ2n) is 4.17. The van der Waals surface area contributed by atoms with Crippen LogP contribution in [0.25, 0.3) is 0 Å². The minimum Gasteiger partial charge on any atom is -0.377 e. The van der Waals surface area contributed by atoms with Crippen molar-refractivity contribution in [3.05, 3.63) is 35.4 Å². The van der Waals surface area contributed by atoms with E-state index in [9.17, 15) is 13.2 Å². The van der Waals surface area contributed by atoms with Crippen molar-refractivity contribution in [2.75, 3.05) is 11.9 Å². The van der Waals surface area contributed by atoms with Gasteiger partial charge < -0.3 is 4.74 Å². The predicted octanol–water partition coefficient (Wildman–Crippen LogP) is 3.97. The van der Waals surface area contributed by atoms with E-state index in [1.807, 2.05) is 0 Å². The van der Waals surface area contributed by atoms with E-state index in [4.69, 9.17) is 4.74 Å². The molecule has 0 aliphatic carbocycles. The Hall–Kier alpha value is -0.550. The Kier molecular flexibility index (Phi) is 3.78. The van der Waals surface area contributed by atoms with Crippen LogP contribution in [0.3, 0.4) is 0 Å². The number of alkyl halides is 4. The van der Waals surface area contributed by atoms with Gasteiger partial charge in [-0.05, 0) is 18.1 Å². The van der Waals surface area contributed by atoms with Crippen molar-refractivity contribution in [2.24, 2.45) is 0 Å². The molecular formula is C12H12BrF3O. The molecule has 2 atom stereocenters. The summed E-state index contributed by atoms with van der Waals surface area (Å²) in [6.07, 6.45) is -3.40. The zero-order valence-electron chi connectivity index (χ0n) is 9.01. The quantitative estimate of drug-likeness (QED) is 0.751. The van der Waals surface area contributed by atoms with Crippen LogP contribution in [-0.2, 0) is 10.9 Å². The van der Waals surface area contributed by atoms with E-state index in [-0.39, 0.29) is 12.0 Å². The van der Waals surface area contributed by atoms with Crippen LogP contribution >= 0.6 is 15.9 Å². The lowest BCUT2D eigenvalue weighted by atomic mass is 9.95. The maximum Gasteiger partial charge on any atom is 0.416 e. The molecule has 0 spiro atoms.